The highest BCUT2D eigenvalue weighted by Crippen LogP contribution is 2.24. The fourth-order valence-corrected chi connectivity index (χ4v) is 3.54. The summed E-state index contributed by atoms with van der Waals surface area (Å²) < 4.78 is 26.2. The summed E-state index contributed by atoms with van der Waals surface area (Å²) in [5, 5.41) is 9.14. The van der Waals surface area contributed by atoms with E-state index in [1.54, 1.807) is 19.1 Å². The van der Waals surface area contributed by atoms with Gasteiger partial charge in [0.05, 0.1) is 16.2 Å². The number of nitrogens with zero attached hydrogens (tertiary/aromatic N) is 1. The van der Waals surface area contributed by atoms with Crippen LogP contribution in [-0.4, -0.2) is 23.5 Å². The Kier molecular flexibility index (Phi) is 3.89. The number of carboxylic acid groups (broad SMARTS) is 1. The van der Waals surface area contributed by atoms with Crippen molar-refractivity contribution in [3.05, 3.63) is 53.3 Å². The number of rotatable bonds is 4. The predicted molar refractivity (Wildman–Crippen MR) is 77.8 cm³/mol. The molecule has 0 fully saturated rings. The first kappa shape index (κ1) is 15.3. The van der Waals surface area contributed by atoms with Crippen molar-refractivity contribution >= 4 is 16.0 Å². The van der Waals surface area contributed by atoms with Crippen molar-refractivity contribution in [1.29, 1.82) is 0 Å². The van der Waals surface area contributed by atoms with Crippen molar-refractivity contribution in [2.24, 2.45) is 5.73 Å². The monoisotopic (exact) mass is 308 g/mol. The van der Waals surface area contributed by atoms with Gasteiger partial charge >= 0.3 is 5.97 Å². The lowest BCUT2D eigenvalue weighted by molar-refractivity contribution is 0.0695. The molecule has 0 amide bonds. The van der Waals surface area contributed by atoms with Gasteiger partial charge in [-0.2, -0.15) is 0 Å². The van der Waals surface area contributed by atoms with E-state index in [9.17, 15) is 13.2 Å². The number of nitrogens with two attached hydrogens (primary N) is 1. The fourth-order valence-electron chi connectivity index (χ4n) is 2.09. The van der Waals surface area contributed by atoms with Gasteiger partial charge in [0.15, 0.2) is 0 Å². The Morgan fingerprint density at radius 2 is 1.81 bits per heavy atom. The summed E-state index contributed by atoms with van der Waals surface area (Å²) in [4.78, 5) is 11.3. The number of hydrogen-bond donors (Lipinski definition) is 2. The smallest absolute Gasteiger partial charge is 0.337 e. The number of carbonyl (C=O) groups is 1. The van der Waals surface area contributed by atoms with Gasteiger partial charge in [-0.25, -0.2) is 17.2 Å². The van der Waals surface area contributed by atoms with Gasteiger partial charge in [-0.1, -0.05) is 17.7 Å². The molecule has 2 aromatic rings. The number of aromatic carboxylic acids is 1. The molecular weight excluding hydrogens is 292 g/mol. The third-order valence-corrected chi connectivity index (χ3v) is 4.83. The van der Waals surface area contributed by atoms with E-state index in [-0.39, 0.29) is 16.2 Å². The van der Waals surface area contributed by atoms with Crippen molar-refractivity contribution in [2.45, 2.75) is 24.8 Å². The minimum absolute atomic E-state index is 0.0584. The number of aromatic nitrogens is 1. The third-order valence-electron chi connectivity index (χ3n) is 3.13. The molecule has 2 rings (SSSR count). The molecule has 112 valence electrons. The van der Waals surface area contributed by atoms with Crippen LogP contribution in [0, 0.1) is 6.92 Å². The zero-order chi connectivity index (χ0) is 15.8. The van der Waals surface area contributed by atoms with Crippen LogP contribution in [0.4, 0.5) is 0 Å². The van der Waals surface area contributed by atoms with Crippen LogP contribution in [-0.2, 0) is 10.0 Å². The summed E-state index contributed by atoms with van der Waals surface area (Å²) >= 11 is 0. The Morgan fingerprint density at radius 1 is 1.24 bits per heavy atom. The zero-order valence-electron chi connectivity index (χ0n) is 11.6. The highest BCUT2D eigenvalue weighted by molar-refractivity contribution is 7.90. The van der Waals surface area contributed by atoms with E-state index in [1.165, 1.54) is 24.4 Å². The van der Waals surface area contributed by atoms with Crippen LogP contribution in [0.3, 0.4) is 0 Å². The SMILES string of the molecule is Cc1ccc(S(=O)(=O)n2ccc(C(=O)O)c2C(C)N)cc1. The summed E-state index contributed by atoms with van der Waals surface area (Å²) in [6.45, 7) is 3.39. The van der Waals surface area contributed by atoms with Crippen LogP contribution in [0.2, 0.25) is 0 Å². The first-order valence-corrected chi connectivity index (χ1v) is 7.71. The van der Waals surface area contributed by atoms with Gasteiger partial charge in [0, 0.05) is 12.2 Å². The molecule has 0 saturated heterocycles. The van der Waals surface area contributed by atoms with E-state index in [2.05, 4.69) is 0 Å². The molecule has 1 unspecified atom stereocenters. The quantitative estimate of drug-likeness (QED) is 0.895. The van der Waals surface area contributed by atoms with Crippen molar-refractivity contribution in [2.75, 3.05) is 0 Å². The Labute approximate surface area is 122 Å². The molecule has 6 nitrogen and oxygen atoms in total. The maximum atomic E-state index is 12.6. The van der Waals surface area contributed by atoms with E-state index in [4.69, 9.17) is 10.8 Å². The van der Waals surface area contributed by atoms with E-state index in [0.29, 0.717) is 0 Å². The van der Waals surface area contributed by atoms with Crippen molar-refractivity contribution < 1.29 is 18.3 Å². The summed E-state index contributed by atoms with van der Waals surface area (Å²) in [5.41, 5.74) is 6.63. The summed E-state index contributed by atoms with van der Waals surface area (Å²) in [7, 11) is -3.87. The highest BCUT2D eigenvalue weighted by Gasteiger charge is 2.26. The van der Waals surface area contributed by atoms with Crippen LogP contribution in [0.1, 0.15) is 34.6 Å². The van der Waals surface area contributed by atoms with Crippen molar-refractivity contribution in [3.8, 4) is 0 Å². The summed E-state index contributed by atoms with van der Waals surface area (Å²) in [5.74, 6) is -1.21. The van der Waals surface area contributed by atoms with Crippen molar-refractivity contribution in [1.82, 2.24) is 3.97 Å². The van der Waals surface area contributed by atoms with Gasteiger partial charge in [-0.15, -0.1) is 0 Å². The van der Waals surface area contributed by atoms with Crippen molar-refractivity contribution in [3.63, 3.8) is 0 Å². The first-order chi connectivity index (χ1) is 9.75. The molecule has 21 heavy (non-hydrogen) atoms. The van der Waals surface area contributed by atoms with Crippen LogP contribution in [0.15, 0.2) is 41.4 Å². The van der Waals surface area contributed by atoms with Gasteiger partial charge in [-0.05, 0) is 32.0 Å². The van der Waals surface area contributed by atoms with Crippen LogP contribution in [0.25, 0.3) is 0 Å². The minimum Gasteiger partial charge on any atom is -0.478 e. The molecule has 0 saturated carbocycles. The Morgan fingerprint density at radius 3 is 2.29 bits per heavy atom. The Balaban J connectivity index is 2.65. The van der Waals surface area contributed by atoms with Gasteiger partial charge in [0.1, 0.15) is 0 Å². The van der Waals surface area contributed by atoms with E-state index >= 15 is 0 Å². The second-order valence-electron chi connectivity index (χ2n) is 4.82. The predicted octanol–water partition coefficient (Wildman–Crippen LogP) is 1.75. The molecule has 1 heterocycles. The largest absolute Gasteiger partial charge is 0.478 e. The topological polar surface area (TPSA) is 102 Å². The Hall–Kier alpha value is -2.12. The lowest BCUT2D eigenvalue weighted by Gasteiger charge is -2.14. The Bertz CT molecular complexity index is 774. The molecule has 0 radical (unpaired) electrons. The zero-order valence-corrected chi connectivity index (χ0v) is 12.5. The normalized spacial score (nSPS) is 13.1. The van der Waals surface area contributed by atoms with Crippen LogP contribution < -0.4 is 5.73 Å². The molecule has 7 heteroatoms. The number of aryl methyl sites for hydroxylation is 1. The molecule has 0 bridgehead atoms. The first-order valence-electron chi connectivity index (χ1n) is 6.27. The highest BCUT2D eigenvalue weighted by atomic mass is 32.2. The second-order valence-corrected chi connectivity index (χ2v) is 6.64. The maximum Gasteiger partial charge on any atom is 0.337 e. The van der Waals surface area contributed by atoms with Gasteiger partial charge in [0.2, 0.25) is 0 Å². The lowest BCUT2D eigenvalue weighted by Crippen LogP contribution is -2.21. The molecular formula is C14H16N2O4S. The summed E-state index contributed by atoms with van der Waals surface area (Å²) in [6.07, 6.45) is 1.22. The summed E-state index contributed by atoms with van der Waals surface area (Å²) in [6, 6.07) is 6.84. The second kappa shape index (κ2) is 5.34. The van der Waals surface area contributed by atoms with E-state index in [1.807, 2.05) is 6.92 Å². The van der Waals surface area contributed by atoms with Gasteiger partial charge < -0.3 is 10.8 Å². The average molecular weight is 308 g/mol. The average Bonchev–Trinajstić information content (AvgIpc) is 2.84. The van der Waals surface area contributed by atoms with Crippen LogP contribution >= 0.6 is 0 Å². The molecule has 0 aliphatic carbocycles. The molecule has 0 aliphatic rings. The fraction of sp³-hybridized carbons (Fsp3) is 0.214. The standard InChI is InChI=1S/C14H16N2O4S/c1-9-3-5-11(6-4-9)21(19,20)16-8-7-12(14(17)18)13(16)10(2)15/h3-8,10H,15H2,1-2H3,(H,17,18). The maximum absolute atomic E-state index is 12.6. The molecule has 3 N–H and O–H groups in total. The van der Waals surface area contributed by atoms with Gasteiger partial charge in [0.25, 0.3) is 10.0 Å². The minimum atomic E-state index is -3.87. The molecule has 1 aromatic carbocycles. The molecule has 0 spiro atoms. The molecule has 1 aromatic heterocycles. The number of hydrogen-bond acceptors (Lipinski definition) is 4. The lowest BCUT2D eigenvalue weighted by atomic mass is 10.1. The molecule has 1 atom stereocenters. The van der Waals surface area contributed by atoms with E-state index < -0.39 is 22.0 Å². The van der Waals surface area contributed by atoms with Gasteiger partial charge in [-0.3, -0.25) is 0 Å². The number of carboxylic acids is 1. The molecule has 0 aliphatic heterocycles. The number of benzene rings is 1. The van der Waals surface area contributed by atoms with Crippen LogP contribution in [0.5, 0.6) is 0 Å². The van der Waals surface area contributed by atoms with E-state index in [0.717, 1.165) is 9.54 Å². The third kappa shape index (κ3) is 2.70.